The topological polar surface area (TPSA) is 29.3 Å². The zero-order valence-corrected chi connectivity index (χ0v) is 12.4. The molecule has 0 radical (unpaired) electrons. The van der Waals surface area contributed by atoms with Gasteiger partial charge in [0.1, 0.15) is 0 Å². The van der Waals surface area contributed by atoms with Gasteiger partial charge in [-0.1, -0.05) is 6.07 Å². The van der Waals surface area contributed by atoms with Crippen molar-refractivity contribution in [3.8, 4) is 0 Å². The zero-order chi connectivity index (χ0) is 15.0. The van der Waals surface area contributed by atoms with E-state index in [1.807, 2.05) is 4.90 Å². The molecule has 112 valence electrons. The average Bonchev–Trinajstić information content (AvgIpc) is 2.35. The molecule has 2 N–H and O–H groups in total. The lowest BCUT2D eigenvalue weighted by Crippen LogP contribution is -2.43. The lowest BCUT2D eigenvalue weighted by molar-refractivity contribution is -0.137. The number of hydrogen-bond donors (Lipinski definition) is 1. The van der Waals surface area contributed by atoms with Crippen molar-refractivity contribution >= 4 is 17.4 Å². The van der Waals surface area contributed by atoms with Crippen LogP contribution in [-0.2, 0) is 12.7 Å². The Morgan fingerprint density at radius 2 is 2.05 bits per heavy atom. The fourth-order valence-electron chi connectivity index (χ4n) is 2.44. The van der Waals surface area contributed by atoms with Crippen LogP contribution in [0.25, 0.3) is 0 Å². The maximum absolute atomic E-state index is 13.2. The van der Waals surface area contributed by atoms with E-state index in [4.69, 9.17) is 5.73 Å². The van der Waals surface area contributed by atoms with Gasteiger partial charge < -0.3 is 10.6 Å². The van der Waals surface area contributed by atoms with E-state index in [9.17, 15) is 13.2 Å². The molecule has 1 fully saturated rings. The van der Waals surface area contributed by atoms with Crippen molar-refractivity contribution in [2.75, 3.05) is 23.7 Å². The molecule has 0 bridgehead atoms. The van der Waals surface area contributed by atoms with E-state index in [-0.39, 0.29) is 17.0 Å². The van der Waals surface area contributed by atoms with Crippen molar-refractivity contribution in [2.24, 2.45) is 5.73 Å². The Kier molecular flexibility index (Phi) is 4.25. The van der Waals surface area contributed by atoms with Gasteiger partial charge in [-0.25, -0.2) is 0 Å². The van der Waals surface area contributed by atoms with Crippen LogP contribution in [-0.4, -0.2) is 23.6 Å². The van der Waals surface area contributed by atoms with Crippen LogP contribution in [0, 0.1) is 0 Å². The number of hydrogen-bond acceptors (Lipinski definition) is 3. The maximum Gasteiger partial charge on any atom is 0.418 e. The van der Waals surface area contributed by atoms with Crippen LogP contribution < -0.4 is 10.6 Å². The monoisotopic (exact) mass is 304 g/mol. The van der Waals surface area contributed by atoms with Crippen LogP contribution in [0.4, 0.5) is 18.9 Å². The van der Waals surface area contributed by atoms with Crippen LogP contribution in [0.5, 0.6) is 0 Å². The maximum atomic E-state index is 13.2. The molecule has 1 heterocycles. The molecular weight excluding hydrogens is 285 g/mol. The molecule has 1 saturated heterocycles. The molecule has 1 aromatic rings. The van der Waals surface area contributed by atoms with Gasteiger partial charge >= 0.3 is 6.18 Å². The molecule has 2 nitrogen and oxygen atoms in total. The Bertz CT molecular complexity index is 486. The minimum Gasteiger partial charge on any atom is -0.369 e. The van der Waals surface area contributed by atoms with E-state index in [2.05, 4.69) is 13.8 Å². The number of nitrogens with two attached hydrogens (primary N) is 1. The number of nitrogens with zero attached hydrogens (tertiary/aromatic N) is 1. The smallest absolute Gasteiger partial charge is 0.369 e. The summed E-state index contributed by atoms with van der Waals surface area (Å²) in [6, 6.07) is 4.40. The predicted molar refractivity (Wildman–Crippen MR) is 78.1 cm³/mol. The highest BCUT2D eigenvalue weighted by molar-refractivity contribution is 8.00. The van der Waals surface area contributed by atoms with Crippen molar-refractivity contribution in [2.45, 2.75) is 31.3 Å². The van der Waals surface area contributed by atoms with E-state index in [0.29, 0.717) is 18.7 Å². The second-order valence-corrected chi connectivity index (χ2v) is 7.39. The third kappa shape index (κ3) is 3.41. The molecule has 2 rings (SSSR count). The Morgan fingerprint density at radius 1 is 1.35 bits per heavy atom. The molecule has 1 aliphatic heterocycles. The van der Waals surface area contributed by atoms with Crippen molar-refractivity contribution in [1.82, 2.24) is 0 Å². The summed E-state index contributed by atoms with van der Waals surface area (Å²) in [5, 5.41) is 0. The number of thioether (sulfide) groups is 1. The van der Waals surface area contributed by atoms with E-state index >= 15 is 0 Å². The van der Waals surface area contributed by atoms with Gasteiger partial charge in [-0.3, -0.25) is 0 Å². The van der Waals surface area contributed by atoms with Gasteiger partial charge in [-0.2, -0.15) is 24.9 Å². The summed E-state index contributed by atoms with van der Waals surface area (Å²) >= 11 is 1.80. The third-order valence-electron chi connectivity index (χ3n) is 3.37. The third-order valence-corrected chi connectivity index (χ3v) is 4.67. The highest BCUT2D eigenvalue weighted by atomic mass is 32.2. The summed E-state index contributed by atoms with van der Waals surface area (Å²) < 4.78 is 39.7. The van der Waals surface area contributed by atoms with Gasteiger partial charge in [-0.15, -0.1) is 0 Å². The lowest BCUT2D eigenvalue weighted by atomic mass is 10.1. The number of rotatable bonds is 2. The Labute approximate surface area is 121 Å². The van der Waals surface area contributed by atoms with E-state index in [1.54, 1.807) is 23.9 Å². The Hall–Kier alpha value is -0.880. The first-order chi connectivity index (χ1) is 9.23. The first-order valence-electron chi connectivity index (χ1n) is 6.52. The summed E-state index contributed by atoms with van der Waals surface area (Å²) in [5.41, 5.74) is 5.64. The Balaban J connectivity index is 2.40. The second kappa shape index (κ2) is 5.48. The average molecular weight is 304 g/mol. The molecular formula is C14H19F3N2S. The quantitative estimate of drug-likeness (QED) is 0.907. The van der Waals surface area contributed by atoms with Gasteiger partial charge in [0.05, 0.1) is 5.56 Å². The molecule has 0 saturated carbocycles. The van der Waals surface area contributed by atoms with Crippen LogP contribution in [0.3, 0.4) is 0 Å². The lowest BCUT2D eigenvalue weighted by Gasteiger charge is -2.40. The van der Waals surface area contributed by atoms with Crippen LogP contribution >= 0.6 is 11.8 Å². The van der Waals surface area contributed by atoms with Crippen molar-refractivity contribution < 1.29 is 13.2 Å². The summed E-state index contributed by atoms with van der Waals surface area (Å²) in [4.78, 5) is 1.83. The first-order valence-corrected chi connectivity index (χ1v) is 7.50. The molecule has 0 amide bonds. The number of halogens is 3. The highest BCUT2D eigenvalue weighted by Gasteiger charge is 2.37. The summed E-state index contributed by atoms with van der Waals surface area (Å²) in [6.45, 7) is 5.49. The summed E-state index contributed by atoms with van der Waals surface area (Å²) in [5.74, 6) is 0.836. The molecule has 0 unspecified atom stereocenters. The number of benzene rings is 1. The largest absolute Gasteiger partial charge is 0.418 e. The van der Waals surface area contributed by atoms with Crippen LogP contribution in [0.2, 0.25) is 0 Å². The fraction of sp³-hybridized carbons (Fsp3) is 0.571. The number of anilines is 1. The van der Waals surface area contributed by atoms with Gasteiger partial charge in [0.15, 0.2) is 0 Å². The molecule has 1 aromatic carbocycles. The molecule has 20 heavy (non-hydrogen) atoms. The molecule has 6 heteroatoms. The van der Waals surface area contributed by atoms with Gasteiger partial charge in [0.2, 0.25) is 0 Å². The zero-order valence-electron chi connectivity index (χ0n) is 11.6. The second-order valence-electron chi connectivity index (χ2n) is 5.58. The van der Waals surface area contributed by atoms with Crippen LogP contribution in [0.1, 0.15) is 25.0 Å². The highest BCUT2D eigenvalue weighted by Crippen LogP contribution is 2.40. The Morgan fingerprint density at radius 3 is 2.60 bits per heavy atom. The summed E-state index contributed by atoms with van der Waals surface area (Å²) in [7, 11) is 0. The molecule has 0 atom stereocenters. The molecule has 0 aliphatic carbocycles. The minimum absolute atomic E-state index is 0.0341. The number of alkyl halides is 3. The summed E-state index contributed by atoms with van der Waals surface area (Å²) in [6.07, 6.45) is -4.35. The predicted octanol–water partition coefficient (Wildman–Crippen LogP) is 3.50. The van der Waals surface area contributed by atoms with Crippen molar-refractivity contribution in [1.29, 1.82) is 0 Å². The SMILES string of the molecule is CC1(C)CN(c2ccc(CN)cc2C(F)(F)F)CCS1. The molecule has 1 aliphatic rings. The molecule has 0 aromatic heterocycles. The minimum atomic E-state index is -4.35. The van der Waals surface area contributed by atoms with Crippen LogP contribution in [0.15, 0.2) is 18.2 Å². The van der Waals surface area contributed by atoms with E-state index in [1.165, 1.54) is 6.07 Å². The molecule has 0 spiro atoms. The van der Waals surface area contributed by atoms with Crippen molar-refractivity contribution in [3.05, 3.63) is 29.3 Å². The fourth-order valence-corrected chi connectivity index (χ4v) is 3.55. The van der Waals surface area contributed by atoms with Gasteiger partial charge in [0, 0.05) is 35.8 Å². The van der Waals surface area contributed by atoms with Crippen molar-refractivity contribution in [3.63, 3.8) is 0 Å². The van der Waals surface area contributed by atoms with Gasteiger partial charge in [0.25, 0.3) is 0 Å². The van der Waals surface area contributed by atoms with E-state index < -0.39 is 11.7 Å². The van der Waals surface area contributed by atoms with Gasteiger partial charge in [-0.05, 0) is 31.5 Å². The standard InChI is InChI=1S/C14H19F3N2S/c1-13(2)9-19(5-6-20-13)12-4-3-10(8-18)7-11(12)14(15,16)17/h3-4,7H,5-6,8-9,18H2,1-2H3. The van der Waals surface area contributed by atoms with E-state index in [0.717, 1.165) is 5.75 Å². The first kappa shape index (κ1) is 15.5. The normalized spacial score (nSPS) is 19.2.